The van der Waals surface area contributed by atoms with Crippen molar-refractivity contribution < 1.29 is 26.7 Å². The first-order valence-corrected chi connectivity index (χ1v) is 13.0. The van der Waals surface area contributed by atoms with Gasteiger partial charge in [-0.15, -0.1) is 11.3 Å². The number of nitrogens with zero attached hydrogens (tertiary/aromatic N) is 2. The third-order valence-corrected chi connectivity index (χ3v) is 7.90. The van der Waals surface area contributed by atoms with E-state index in [-0.39, 0.29) is 18.3 Å². The smallest absolute Gasteiger partial charge is 0.144 e. The van der Waals surface area contributed by atoms with Crippen LogP contribution in [0.3, 0.4) is 0 Å². The van der Waals surface area contributed by atoms with E-state index in [0.717, 1.165) is 59.8 Å². The van der Waals surface area contributed by atoms with Crippen LogP contribution in [0.5, 0.6) is 5.75 Å². The highest BCUT2D eigenvalue weighted by Crippen LogP contribution is 2.45. The number of benzene rings is 2. The van der Waals surface area contributed by atoms with Crippen molar-refractivity contribution in [2.24, 2.45) is 5.92 Å². The number of quaternary nitrogens is 1. The minimum Gasteiger partial charge on any atom is -1.00 e. The molecule has 184 valence electrons. The van der Waals surface area contributed by atoms with Crippen LogP contribution in [0.4, 0.5) is 0 Å². The molecule has 1 aliphatic rings. The van der Waals surface area contributed by atoms with E-state index in [0.29, 0.717) is 0 Å². The summed E-state index contributed by atoms with van der Waals surface area (Å²) in [7, 11) is 4.51. The van der Waals surface area contributed by atoms with Crippen LogP contribution < -0.4 is 17.1 Å². The average Bonchev–Trinajstić information content (AvgIpc) is 3.31. The lowest BCUT2D eigenvalue weighted by atomic mass is 9.73. The van der Waals surface area contributed by atoms with Crippen LogP contribution in [0, 0.1) is 5.92 Å². The van der Waals surface area contributed by atoms with E-state index in [9.17, 15) is 5.11 Å². The molecule has 0 spiro atoms. The third-order valence-electron chi connectivity index (χ3n) is 6.79. The van der Waals surface area contributed by atoms with Crippen LogP contribution in [0.25, 0.3) is 0 Å². The van der Waals surface area contributed by atoms with Crippen LogP contribution in [-0.2, 0) is 12.1 Å². The fourth-order valence-electron chi connectivity index (χ4n) is 5.00. The highest BCUT2D eigenvalue weighted by atomic mass is 35.5. The number of halogens is 1. The molecule has 0 saturated heterocycles. The topological polar surface area (TPSA) is 42.4 Å². The Hall–Kier alpha value is -1.92. The number of ether oxygens (including phenoxy) is 1. The van der Waals surface area contributed by atoms with E-state index in [1.54, 1.807) is 11.3 Å². The Labute approximate surface area is 214 Å². The Morgan fingerprint density at radius 2 is 1.65 bits per heavy atom. The van der Waals surface area contributed by atoms with Crippen molar-refractivity contribution >= 4 is 11.3 Å². The molecule has 0 aliphatic heterocycles. The van der Waals surface area contributed by atoms with Gasteiger partial charge in [0, 0.05) is 12.6 Å². The lowest BCUT2D eigenvalue weighted by Crippen LogP contribution is -3.00. The minimum atomic E-state index is -0.995. The maximum absolute atomic E-state index is 12.1. The molecule has 34 heavy (non-hydrogen) atoms. The second kappa shape index (κ2) is 12.2. The SMILES string of the molecule is C[N+](C)(CCCOc1ccccc1)Cc1cnc(C(O)(c2ccccc2)C2CCCCC2)s1.[Cl-]. The number of aromatic nitrogens is 1. The fraction of sp³-hybridized carbons (Fsp3) is 0.464. The maximum atomic E-state index is 12.1. The fourth-order valence-corrected chi connectivity index (χ4v) is 6.32. The molecule has 0 amide bonds. The summed E-state index contributed by atoms with van der Waals surface area (Å²) in [5, 5.41) is 12.9. The molecule has 1 aromatic heterocycles. The standard InChI is InChI=1S/C28H37N2O2S.ClH/c1-30(2,19-12-20-32-25-17-10-5-11-18-25)22-26-21-29-27(33-26)28(31,23-13-6-3-7-14-23)24-15-8-4-9-16-24;/h3,5-7,10-11,13-14,17-18,21,24,31H,4,8-9,12,15-16,19-20,22H2,1-2H3;1H/q+1;/p-1. The van der Waals surface area contributed by atoms with Gasteiger partial charge in [0.05, 0.1) is 32.1 Å². The van der Waals surface area contributed by atoms with E-state index < -0.39 is 5.60 Å². The summed E-state index contributed by atoms with van der Waals surface area (Å²) in [6.45, 7) is 2.64. The van der Waals surface area contributed by atoms with Crippen molar-refractivity contribution in [3.05, 3.63) is 82.3 Å². The van der Waals surface area contributed by atoms with Crippen molar-refractivity contribution in [2.75, 3.05) is 27.2 Å². The molecule has 3 aromatic rings. The normalized spacial score (nSPS) is 16.4. The first kappa shape index (κ1) is 26.7. The molecule has 0 bridgehead atoms. The van der Waals surface area contributed by atoms with Gasteiger partial charge in [-0.25, -0.2) is 4.98 Å². The van der Waals surface area contributed by atoms with Gasteiger partial charge in [0.25, 0.3) is 0 Å². The largest absolute Gasteiger partial charge is 1.00 e. The zero-order chi connectivity index (χ0) is 23.2. The van der Waals surface area contributed by atoms with Gasteiger partial charge in [-0.2, -0.15) is 0 Å². The van der Waals surface area contributed by atoms with Gasteiger partial charge in [-0.3, -0.25) is 0 Å². The van der Waals surface area contributed by atoms with E-state index in [4.69, 9.17) is 9.72 Å². The molecule has 1 fully saturated rings. The Kier molecular flexibility index (Phi) is 9.55. The Bertz CT molecular complexity index is 990. The molecule has 1 N–H and O–H groups in total. The maximum Gasteiger partial charge on any atom is 0.144 e. The van der Waals surface area contributed by atoms with Crippen LogP contribution >= 0.6 is 11.3 Å². The van der Waals surface area contributed by atoms with E-state index in [1.807, 2.05) is 54.7 Å². The Morgan fingerprint density at radius 1 is 1.00 bits per heavy atom. The van der Waals surface area contributed by atoms with Gasteiger partial charge >= 0.3 is 0 Å². The van der Waals surface area contributed by atoms with Crippen molar-refractivity contribution in [3.63, 3.8) is 0 Å². The summed E-state index contributed by atoms with van der Waals surface area (Å²) in [5.74, 6) is 1.16. The van der Waals surface area contributed by atoms with Gasteiger partial charge in [-0.05, 0) is 36.5 Å². The summed E-state index contributed by atoms with van der Waals surface area (Å²) in [6.07, 6.45) is 8.73. The molecule has 6 heteroatoms. The first-order chi connectivity index (χ1) is 16.0. The Morgan fingerprint density at radius 3 is 2.32 bits per heavy atom. The number of thiazole rings is 1. The average molecular weight is 501 g/mol. The zero-order valence-electron chi connectivity index (χ0n) is 20.3. The molecule has 2 aromatic carbocycles. The molecular formula is C28H37ClN2O2S. The summed E-state index contributed by atoms with van der Waals surface area (Å²) >= 11 is 1.68. The minimum absolute atomic E-state index is 0. The van der Waals surface area contributed by atoms with Crippen molar-refractivity contribution in [3.8, 4) is 5.75 Å². The van der Waals surface area contributed by atoms with Crippen LogP contribution in [0.15, 0.2) is 66.9 Å². The number of hydrogen-bond acceptors (Lipinski definition) is 4. The van der Waals surface area contributed by atoms with Gasteiger partial charge in [0.1, 0.15) is 22.9 Å². The summed E-state index contributed by atoms with van der Waals surface area (Å²) in [4.78, 5) is 6.02. The van der Waals surface area contributed by atoms with Crippen molar-refractivity contribution in [1.82, 2.24) is 4.98 Å². The second-order valence-corrected chi connectivity index (χ2v) is 11.0. The second-order valence-electron chi connectivity index (χ2n) is 9.93. The van der Waals surface area contributed by atoms with Gasteiger partial charge < -0.3 is 26.7 Å². The number of rotatable bonds is 10. The molecule has 1 heterocycles. The first-order valence-electron chi connectivity index (χ1n) is 12.2. The van der Waals surface area contributed by atoms with E-state index >= 15 is 0 Å². The summed E-state index contributed by atoms with van der Waals surface area (Å²) in [6, 6.07) is 20.2. The number of para-hydroxylation sites is 1. The monoisotopic (exact) mass is 500 g/mol. The Balaban J connectivity index is 0.00000324. The zero-order valence-corrected chi connectivity index (χ0v) is 21.9. The van der Waals surface area contributed by atoms with Gasteiger partial charge in [0.15, 0.2) is 0 Å². The molecular weight excluding hydrogens is 464 g/mol. The van der Waals surface area contributed by atoms with Gasteiger partial charge in [-0.1, -0.05) is 67.8 Å². The highest BCUT2D eigenvalue weighted by molar-refractivity contribution is 7.11. The lowest BCUT2D eigenvalue weighted by molar-refractivity contribution is -0.903. The van der Waals surface area contributed by atoms with Crippen molar-refractivity contribution in [2.45, 2.75) is 50.7 Å². The van der Waals surface area contributed by atoms with E-state index in [1.165, 1.54) is 24.1 Å². The number of hydrogen-bond donors (Lipinski definition) is 1. The van der Waals surface area contributed by atoms with Crippen LogP contribution in [0.1, 0.15) is 54.0 Å². The molecule has 4 nitrogen and oxygen atoms in total. The molecule has 1 aliphatic carbocycles. The molecule has 1 saturated carbocycles. The van der Waals surface area contributed by atoms with E-state index in [2.05, 4.69) is 26.2 Å². The third kappa shape index (κ3) is 6.60. The van der Waals surface area contributed by atoms with Crippen LogP contribution in [-0.4, -0.2) is 41.8 Å². The molecule has 1 atom stereocenters. The predicted octanol–water partition coefficient (Wildman–Crippen LogP) is 3.01. The lowest BCUT2D eigenvalue weighted by Gasteiger charge is -2.37. The molecule has 4 rings (SSSR count). The van der Waals surface area contributed by atoms with Crippen LogP contribution in [0.2, 0.25) is 0 Å². The molecule has 1 unspecified atom stereocenters. The molecule has 0 radical (unpaired) electrons. The number of aliphatic hydroxyl groups is 1. The predicted molar refractivity (Wildman–Crippen MR) is 135 cm³/mol. The summed E-state index contributed by atoms with van der Waals surface area (Å²) in [5.41, 5.74) is -0.0183. The highest BCUT2D eigenvalue weighted by Gasteiger charge is 2.43. The van der Waals surface area contributed by atoms with Crippen molar-refractivity contribution in [1.29, 1.82) is 0 Å². The van der Waals surface area contributed by atoms with Gasteiger partial charge in [0.2, 0.25) is 0 Å². The summed E-state index contributed by atoms with van der Waals surface area (Å²) < 4.78 is 6.73. The quantitative estimate of drug-likeness (QED) is 0.344.